The van der Waals surface area contributed by atoms with Crippen LogP contribution in [-0.2, 0) is 16.0 Å². The predicted octanol–water partition coefficient (Wildman–Crippen LogP) is 1.48. The average molecular weight is 341 g/mol. The molecule has 0 unspecified atom stereocenters. The summed E-state index contributed by atoms with van der Waals surface area (Å²) in [5.41, 5.74) is 8.97. The summed E-state index contributed by atoms with van der Waals surface area (Å²) in [6, 6.07) is 5.89. The number of carbonyl (C=O) groups is 1. The second-order valence-electron chi connectivity index (χ2n) is 6.31. The largest absolute Gasteiger partial charge is 0.370 e. The summed E-state index contributed by atoms with van der Waals surface area (Å²) in [5.74, 6) is 0.438. The number of nitrogens with two attached hydrogens (primary N) is 1. The highest BCUT2D eigenvalue weighted by Crippen LogP contribution is 2.23. The first-order chi connectivity index (χ1) is 12.0. The van der Waals surface area contributed by atoms with Crippen LogP contribution in [0.25, 0.3) is 0 Å². The molecule has 1 aliphatic heterocycles. The van der Waals surface area contributed by atoms with Crippen LogP contribution in [0.5, 0.6) is 0 Å². The molecule has 0 saturated carbocycles. The molecule has 1 atom stereocenters. The van der Waals surface area contributed by atoms with Crippen molar-refractivity contribution in [2.45, 2.75) is 32.8 Å². The Balaban J connectivity index is 1.69. The van der Waals surface area contributed by atoms with Crippen molar-refractivity contribution in [1.29, 1.82) is 0 Å². The normalized spacial score (nSPS) is 17.5. The number of rotatable bonds is 5. The minimum atomic E-state index is -0.302. The van der Waals surface area contributed by atoms with Gasteiger partial charge in [0.2, 0.25) is 11.9 Å². The lowest BCUT2D eigenvalue weighted by Gasteiger charge is -2.32. The van der Waals surface area contributed by atoms with Crippen LogP contribution in [0.1, 0.15) is 35.2 Å². The van der Waals surface area contributed by atoms with Crippen molar-refractivity contribution in [3.8, 4) is 0 Å². The van der Waals surface area contributed by atoms with Gasteiger partial charge in [-0.25, -0.2) is 9.97 Å². The van der Waals surface area contributed by atoms with Crippen molar-refractivity contribution in [3.63, 3.8) is 0 Å². The van der Waals surface area contributed by atoms with Crippen LogP contribution < -0.4 is 10.6 Å². The zero-order valence-corrected chi connectivity index (χ0v) is 14.6. The standard InChI is InChI=1S/C18H23N5O2/c1-12-9-13(2)22-18(21-12)23-7-8-25-16(11-23)15-5-3-14(10-20-15)4-6-17(19)24/h3,5,9-10,16H,4,6-8,11H2,1-2H3,(H2,19,24)/t16-/m1/s1. The van der Waals surface area contributed by atoms with Gasteiger partial charge in [-0.1, -0.05) is 6.07 Å². The molecule has 0 bridgehead atoms. The monoisotopic (exact) mass is 341 g/mol. The molecule has 132 valence electrons. The third kappa shape index (κ3) is 4.51. The smallest absolute Gasteiger partial charge is 0.225 e. The average Bonchev–Trinajstić information content (AvgIpc) is 2.60. The maximum atomic E-state index is 10.9. The Bertz CT molecular complexity index is 727. The summed E-state index contributed by atoms with van der Waals surface area (Å²) in [7, 11) is 0. The first-order valence-electron chi connectivity index (χ1n) is 8.43. The SMILES string of the molecule is Cc1cc(C)nc(N2CCO[C@@H](c3ccc(CCC(N)=O)cn3)C2)n1. The number of aromatic nitrogens is 3. The van der Waals surface area contributed by atoms with E-state index in [1.807, 2.05) is 32.0 Å². The zero-order valence-electron chi connectivity index (χ0n) is 14.6. The number of pyridine rings is 1. The summed E-state index contributed by atoms with van der Waals surface area (Å²) in [5, 5.41) is 0. The van der Waals surface area contributed by atoms with Crippen LogP contribution >= 0.6 is 0 Å². The van der Waals surface area contributed by atoms with E-state index in [0.29, 0.717) is 26.0 Å². The van der Waals surface area contributed by atoms with Crippen LogP contribution in [0.3, 0.4) is 0 Å². The van der Waals surface area contributed by atoms with Crippen molar-refractivity contribution in [3.05, 3.63) is 47.0 Å². The van der Waals surface area contributed by atoms with E-state index in [1.165, 1.54) is 0 Å². The van der Waals surface area contributed by atoms with E-state index in [4.69, 9.17) is 10.5 Å². The Labute approximate surface area is 147 Å². The van der Waals surface area contributed by atoms with E-state index in [9.17, 15) is 4.79 Å². The van der Waals surface area contributed by atoms with E-state index in [-0.39, 0.29) is 12.0 Å². The fourth-order valence-corrected chi connectivity index (χ4v) is 2.90. The van der Waals surface area contributed by atoms with E-state index in [0.717, 1.165) is 35.1 Å². The number of amides is 1. The predicted molar refractivity (Wildman–Crippen MR) is 94.2 cm³/mol. The molecule has 7 nitrogen and oxygen atoms in total. The van der Waals surface area contributed by atoms with Crippen molar-refractivity contribution < 1.29 is 9.53 Å². The minimum Gasteiger partial charge on any atom is -0.370 e. The number of hydrogen-bond donors (Lipinski definition) is 1. The second kappa shape index (κ2) is 7.57. The number of carbonyl (C=O) groups excluding carboxylic acids is 1. The quantitative estimate of drug-likeness (QED) is 0.885. The first-order valence-corrected chi connectivity index (χ1v) is 8.43. The highest BCUT2D eigenvalue weighted by atomic mass is 16.5. The van der Waals surface area contributed by atoms with E-state index >= 15 is 0 Å². The molecule has 2 aromatic rings. The van der Waals surface area contributed by atoms with Crippen LogP contribution in [0.15, 0.2) is 24.4 Å². The van der Waals surface area contributed by atoms with Crippen molar-refractivity contribution in [2.75, 3.05) is 24.6 Å². The van der Waals surface area contributed by atoms with Crippen LogP contribution in [0.4, 0.5) is 5.95 Å². The van der Waals surface area contributed by atoms with Crippen molar-refractivity contribution in [1.82, 2.24) is 15.0 Å². The molecule has 2 N–H and O–H groups in total. The summed E-state index contributed by atoms with van der Waals surface area (Å²) in [6.45, 7) is 5.98. The molecular weight excluding hydrogens is 318 g/mol. The number of morpholine rings is 1. The Morgan fingerprint density at radius 3 is 2.72 bits per heavy atom. The first kappa shape index (κ1) is 17.3. The molecule has 25 heavy (non-hydrogen) atoms. The van der Waals surface area contributed by atoms with Gasteiger partial charge in [0.15, 0.2) is 0 Å². The van der Waals surface area contributed by atoms with Gasteiger partial charge in [-0.15, -0.1) is 0 Å². The molecule has 2 aromatic heterocycles. The molecule has 3 rings (SSSR count). The molecular formula is C18H23N5O2. The molecule has 7 heteroatoms. The van der Waals surface area contributed by atoms with E-state index in [2.05, 4.69) is 19.9 Å². The molecule has 1 saturated heterocycles. The maximum Gasteiger partial charge on any atom is 0.225 e. The molecule has 3 heterocycles. The lowest BCUT2D eigenvalue weighted by Crippen LogP contribution is -2.39. The molecule has 1 amide bonds. The number of hydrogen-bond acceptors (Lipinski definition) is 6. The van der Waals surface area contributed by atoms with Gasteiger partial charge in [-0.2, -0.15) is 0 Å². The topological polar surface area (TPSA) is 94.2 Å². The summed E-state index contributed by atoms with van der Waals surface area (Å²) in [6.07, 6.45) is 2.60. The number of aryl methyl sites for hydroxylation is 3. The maximum absolute atomic E-state index is 10.9. The molecule has 1 fully saturated rings. The summed E-state index contributed by atoms with van der Waals surface area (Å²) in [4.78, 5) is 26.6. The van der Waals surface area contributed by atoms with Gasteiger partial charge >= 0.3 is 0 Å². The lowest BCUT2D eigenvalue weighted by atomic mass is 10.1. The van der Waals surface area contributed by atoms with E-state index < -0.39 is 0 Å². The van der Waals surface area contributed by atoms with Crippen molar-refractivity contribution >= 4 is 11.9 Å². The number of ether oxygens (including phenoxy) is 1. The molecule has 0 spiro atoms. The fourth-order valence-electron chi connectivity index (χ4n) is 2.90. The Hall–Kier alpha value is -2.54. The van der Waals surface area contributed by atoms with Gasteiger partial charge < -0.3 is 15.4 Å². The van der Waals surface area contributed by atoms with Crippen LogP contribution in [-0.4, -0.2) is 40.6 Å². The Morgan fingerprint density at radius 2 is 2.08 bits per heavy atom. The number of primary amides is 1. The van der Waals surface area contributed by atoms with Crippen LogP contribution in [0, 0.1) is 13.8 Å². The summed E-state index contributed by atoms with van der Waals surface area (Å²) < 4.78 is 5.88. The third-order valence-corrected chi connectivity index (χ3v) is 4.16. The Morgan fingerprint density at radius 1 is 1.32 bits per heavy atom. The van der Waals surface area contributed by atoms with Gasteiger partial charge in [0, 0.05) is 30.6 Å². The zero-order chi connectivity index (χ0) is 17.8. The fraction of sp³-hybridized carbons (Fsp3) is 0.444. The molecule has 0 aliphatic carbocycles. The Kier molecular flexibility index (Phi) is 5.23. The highest BCUT2D eigenvalue weighted by Gasteiger charge is 2.25. The van der Waals surface area contributed by atoms with Crippen molar-refractivity contribution in [2.24, 2.45) is 5.73 Å². The third-order valence-electron chi connectivity index (χ3n) is 4.16. The van der Waals surface area contributed by atoms with E-state index in [1.54, 1.807) is 6.20 Å². The second-order valence-corrected chi connectivity index (χ2v) is 6.31. The molecule has 0 aromatic carbocycles. The molecule has 1 aliphatic rings. The summed E-state index contributed by atoms with van der Waals surface area (Å²) >= 11 is 0. The number of anilines is 1. The minimum absolute atomic E-state index is 0.122. The van der Waals surface area contributed by atoms with Gasteiger partial charge in [0.1, 0.15) is 6.10 Å². The highest BCUT2D eigenvalue weighted by molar-refractivity contribution is 5.73. The van der Waals surface area contributed by atoms with Gasteiger partial charge in [0.05, 0.1) is 18.8 Å². The van der Waals surface area contributed by atoms with Gasteiger partial charge in [0.25, 0.3) is 0 Å². The molecule has 0 radical (unpaired) electrons. The van der Waals surface area contributed by atoms with Gasteiger partial charge in [-0.05, 0) is 38.0 Å². The van der Waals surface area contributed by atoms with Gasteiger partial charge in [-0.3, -0.25) is 9.78 Å². The number of nitrogens with zero attached hydrogens (tertiary/aromatic N) is 4. The van der Waals surface area contributed by atoms with Crippen LogP contribution in [0.2, 0.25) is 0 Å². The lowest BCUT2D eigenvalue weighted by molar-refractivity contribution is -0.117.